The average molecular weight is 254 g/mol. The number of thioether (sulfide) groups is 1. The highest BCUT2D eigenvalue weighted by molar-refractivity contribution is 8.04. The van der Waals surface area contributed by atoms with E-state index in [-0.39, 0.29) is 5.78 Å². The Balaban J connectivity index is 2.36. The molecule has 1 aromatic rings. The van der Waals surface area contributed by atoms with Gasteiger partial charge in [-0.15, -0.1) is 0 Å². The molecule has 1 aliphatic rings. The summed E-state index contributed by atoms with van der Waals surface area (Å²) in [6, 6.07) is 5.70. The number of hydrogen-bond acceptors (Lipinski definition) is 3. The van der Waals surface area contributed by atoms with Crippen LogP contribution in [0.15, 0.2) is 34.2 Å². The number of nitrogens with zero attached hydrogens (tertiary/aromatic N) is 1. The van der Waals surface area contributed by atoms with Crippen molar-refractivity contribution in [1.82, 2.24) is 4.90 Å². The van der Waals surface area contributed by atoms with E-state index in [9.17, 15) is 4.79 Å². The fourth-order valence-electron chi connectivity index (χ4n) is 1.55. The third kappa shape index (κ3) is 2.42. The summed E-state index contributed by atoms with van der Waals surface area (Å²) in [6.45, 7) is 0. The van der Waals surface area contributed by atoms with Gasteiger partial charge in [0, 0.05) is 36.6 Å². The molecule has 1 aromatic carbocycles. The van der Waals surface area contributed by atoms with Gasteiger partial charge in [0.1, 0.15) is 0 Å². The molecule has 0 fully saturated rings. The van der Waals surface area contributed by atoms with E-state index in [0.717, 1.165) is 15.4 Å². The molecule has 2 rings (SSSR count). The van der Waals surface area contributed by atoms with E-state index < -0.39 is 0 Å². The first kappa shape index (κ1) is 11.6. The number of ketones is 1. The minimum atomic E-state index is 0.161. The zero-order chi connectivity index (χ0) is 11.7. The monoisotopic (exact) mass is 253 g/mol. The molecule has 0 amide bonds. The number of halogens is 1. The zero-order valence-electron chi connectivity index (χ0n) is 9.16. The maximum absolute atomic E-state index is 11.8. The van der Waals surface area contributed by atoms with Crippen LogP contribution in [0.5, 0.6) is 0 Å². The molecule has 0 aliphatic carbocycles. The van der Waals surface area contributed by atoms with E-state index in [4.69, 9.17) is 11.6 Å². The predicted molar refractivity (Wildman–Crippen MR) is 67.8 cm³/mol. The summed E-state index contributed by atoms with van der Waals surface area (Å²) in [7, 11) is 3.83. The van der Waals surface area contributed by atoms with Crippen LogP contribution in [0, 0.1) is 0 Å². The van der Waals surface area contributed by atoms with E-state index in [1.54, 1.807) is 0 Å². The summed E-state index contributed by atoms with van der Waals surface area (Å²) in [5, 5.41) is 0.687. The summed E-state index contributed by atoms with van der Waals surface area (Å²) in [4.78, 5) is 15.6. The molecule has 0 spiro atoms. The molecule has 16 heavy (non-hydrogen) atoms. The van der Waals surface area contributed by atoms with Crippen LogP contribution in [-0.2, 0) is 11.2 Å². The summed E-state index contributed by atoms with van der Waals surface area (Å²) in [6.07, 6.45) is 2.31. The largest absolute Gasteiger partial charge is 0.382 e. The van der Waals surface area contributed by atoms with E-state index in [1.165, 1.54) is 11.8 Å². The maximum atomic E-state index is 11.8. The Morgan fingerprint density at radius 3 is 2.88 bits per heavy atom. The lowest BCUT2D eigenvalue weighted by Gasteiger charge is -2.18. The summed E-state index contributed by atoms with van der Waals surface area (Å²) in [5.74, 6) is 0.161. The van der Waals surface area contributed by atoms with Gasteiger partial charge in [-0.25, -0.2) is 0 Å². The van der Waals surface area contributed by atoms with Gasteiger partial charge in [0.25, 0.3) is 0 Å². The number of allylic oxidation sites excluding steroid dienone is 1. The first-order valence-electron chi connectivity index (χ1n) is 4.94. The molecule has 0 saturated carbocycles. The second kappa shape index (κ2) is 4.52. The Labute approximate surface area is 104 Å². The van der Waals surface area contributed by atoms with Crippen molar-refractivity contribution >= 4 is 29.1 Å². The molecule has 2 nitrogen and oxygen atoms in total. The molecular weight excluding hydrogens is 242 g/mol. The Hall–Kier alpha value is -0.930. The quantitative estimate of drug-likeness (QED) is 0.718. The fraction of sp³-hybridized carbons (Fsp3) is 0.250. The molecule has 84 valence electrons. The molecular formula is C12H12ClNOS. The van der Waals surface area contributed by atoms with Crippen LogP contribution in [0.25, 0.3) is 0 Å². The molecule has 0 radical (unpaired) electrons. The van der Waals surface area contributed by atoms with Gasteiger partial charge >= 0.3 is 0 Å². The third-order valence-electron chi connectivity index (χ3n) is 2.24. The lowest BCUT2D eigenvalue weighted by molar-refractivity contribution is -0.114. The van der Waals surface area contributed by atoms with Crippen molar-refractivity contribution < 1.29 is 4.79 Å². The van der Waals surface area contributed by atoms with Crippen LogP contribution in [0.2, 0.25) is 5.02 Å². The molecule has 0 N–H and O–H groups in total. The van der Waals surface area contributed by atoms with Crippen LogP contribution >= 0.6 is 23.4 Å². The van der Waals surface area contributed by atoms with Crippen LogP contribution in [-0.4, -0.2) is 24.8 Å². The van der Waals surface area contributed by atoms with Crippen molar-refractivity contribution in [1.29, 1.82) is 0 Å². The highest BCUT2D eigenvalue weighted by Crippen LogP contribution is 2.37. The Morgan fingerprint density at radius 1 is 1.44 bits per heavy atom. The second-order valence-corrected chi connectivity index (χ2v) is 5.43. The molecule has 0 aromatic heterocycles. The lowest BCUT2D eigenvalue weighted by Crippen LogP contribution is -2.13. The van der Waals surface area contributed by atoms with Crippen molar-refractivity contribution in [2.75, 3.05) is 14.1 Å². The molecule has 0 bridgehead atoms. The highest BCUT2D eigenvalue weighted by Gasteiger charge is 2.21. The number of Topliss-reactive ketones (excluding diaryl/α,β-unsaturated/α-hetero) is 1. The van der Waals surface area contributed by atoms with Crippen molar-refractivity contribution in [2.24, 2.45) is 0 Å². The van der Waals surface area contributed by atoms with E-state index in [0.29, 0.717) is 11.4 Å². The third-order valence-corrected chi connectivity index (χ3v) is 3.65. The summed E-state index contributed by atoms with van der Waals surface area (Å²) in [5.41, 5.74) is 1.03. The summed E-state index contributed by atoms with van der Waals surface area (Å²) >= 11 is 7.42. The topological polar surface area (TPSA) is 20.3 Å². The van der Waals surface area contributed by atoms with Gasteiger partial charge in [-0.05, 0) is 23.8 Å². The first-order valence-corrected chi connectivity index (χ1v) is 6.13. The van der Waals surface area contributed by atoms with Crippen molar-refractivity contribution in [3.05, 3.63) is 39.9 Å². The molecule has 0 unspecified atom stereocenters. The number of fused-ring (bicyclic) bond motifs is 1. The number of benzene rings is 1. The van der Waals surface area contributed by atoms with Gasteiger partial charge in [-0.1, -0.05) is 23.4 Å². The van der Waals surface area contributed by atoms with Crippen LogP contribution in [0.4, 0.5) is 0 Å². The minimum Gasteiger partial charge on any atom is -0.382 e. The van der Waals surface area contributed by atoms with Gasteiger partial charge in [0.15, 0.2) is 5.78 Å². The van der Waals surface area contributed by atoms with Crippen molar-refractivity contribution in [2.45, 2.75) is 11.3 Å². The second-order valence-electron chi connectivity index (χ2n) is 3.91. The van der Waals surface area contributed by atoms with E-state index >= 15 is 0 Å². The molecule has 4 heteroatoms. The van der Waals surface area contributed by atoms with E-state index in [2.05, 4.69) is 0 Å². The standard InChI is InChI=1S/C12H12ClNOS/c1-14(2)7-12-10(15)6-8-5-9(13)3-4-11(8)16-12/h3-5,7H,6H2,1-2H3. The number of carbonyl (C=O) groups excluding carboxylic acids is 1. The van der Waals surface area contributed by atoms with Crippen LogP contribution in [0.1, 0.15) is 5.56 Å². The Kier molecular flexibility index (Phi) is 3.26. The van der Waals surface area contributed by atoms with Gasteiger partial charge in [0.05, 0.1) is 4.91 Å². The van der Waals surface area contributed by atoms with Crippen LogP contribution < -0.4 is 0 Å². The Morgan fingerprint density at radius 2 is 2.19 bits per heavy atom. The minimum absolute atomic E-state index is 0.161. The fourth-order valence-corrected chi connectivity index (χ4v) is 2.83. The summed E-state index contributed by atoms with van der Waals surface area (Å²) < 4.78 is 0. The maximum Gasteiger partial charge on any atom is 0.175 e. The van der Waals surface area contributed by atoms with Gasteiger partial charge < -0.3 is 4.90 Å². The van der Waals surface area contributed by atoms with Crippen molar-refractivity contribution in [3.63, 3.8) is 0 Å². The number of carbonyl (C=O) groups is 1. The van der Waals surface area contributed by atoms with Gasteiger partial charge in [-0.2, -0.15) is 0 Å². The average Bonchev–Trinajstić information content (AvgIpc) is 2.19. The van der Waals surface area contributed by atoms with E-state index in [1.807, 2.05) is 43.4 Å². The smallest absolute Gasteiger partial charge is 0.175 e. The predicted octanol–water partition coefficient (Wildman–Crippen LogP) is 2.96. The van der Waals surface area contributed by atoms with Gasteiger partial charge in [0.2, 0.25) is 0 Å². The Bertz CT molecular complexity index is 468. The molecule has 0 atom stereocenters. The molecule has 1 aliphatic heterocycles. The SMILES string of the molecule is CN(C)C=C1Sc2ccc(Cl)cc2CC1=O. The van der Waals surface area contributed by atoms with Crippen LogP contribution in [0.3, 0.4) is 0 Å². The zero-order valence-corrected chi connectivity index (χ0v) is 10.7. The normalized spacial score (nSPS) is 17.4. The first-order chi connectivity index (χ1) is 7.56. The number of hydrogen-bond donors (Lipinski definition) is 0. The molecule has 1 heterocycles. The van der Waals surface area contributed by atoms with Crippen molar-refractivity contribution in [3.8, 4) is 0 Å². The van der Waals surface area contributed by atoms with Gasteiger partial charge in [-0.3, -0.25) is 4.79 Å². The number of rotatable bonds is 1. The highest BCUT2D eigenvalue weighted by atomic mass is 35.5. The lowest BCUT2D eigenvalue weighted by atomic mass is 10.1. The molecule has 0 saturated heterocycles.